The highest BCUT2D eigenvalue weighted by molar-refractivity contribution is 7.89. The predicted molar refractivity (Wildman–Crippen MR) is 121 cm³/mol. The van der Waals surface area contributed by atoms with E-state index in [2.05, 4.69) is 12.2 Å². The number of halogens is 1. The molecule has 0 atom stereocenters. The number of nitrogens with one attached hydrogen (secondary N) is 1. The highest BCUT2D eigenvalue weighted by atomic mass is 35.5. The number of nitrogens with zero attached hydrogens (tertiary/aromatic N) is 1. The van der Waals surface area contributed by atoms with Crippen LogP contribution in [0.25, 0.3) is 0 Å². The molecule has 0 aliphatic carbocycles. The van der Waals surface area contributed by atoms with E-state index in [1.165, 1.54) is 24.6 Å². The summed E-state index contributed by atoms with van der Waals surface area (Å²) >= 11 is 6.12. The number of hydrogen-bond donors (Lipinski definition) is 1. The largest absolute Gasteiger partial charge is 0.495 e. The number of carbonyl (C=O) groups excluding carboxylic acids is 1. The minimum absolute atomic E-state index is 0.110. The van der Waals surface area contributed by atoms with Crippen LogP contribution in [0.1, 0.15) is 35.7 Å². The Labute approximate surface area is 188 Å². The number of aryl methyl sites for hydroxylation is 1. The zero-order chi connectivity index (χ0) is 22.8. The summed E-state index contributed by atoms with van der Waals surface area (Å²) in [5, 5.41) is 3.12. The maximum absolute atomic E-state index is 13.1. The number of sulfonamides is 1. The van der Waals surface area contributed by atoms with Crippen LogP contribution in [-0.2, 0) is 10.0 Å². The summed E-state index contributed by atoms with van der Waals surface area (Å²) < 4.78 is 38.2. The van der Waals surface area contributed by atoms with Crippen molar-refractivity contribution < 1.29 is 22.7 Å². The van der Waals surface area contributed by atoms with Gasteiger partial charge in [0.1, 0.15) is 11.5 Å². The minimum Gasteiger partial charge on any atom is -0.495 e. The van der Waals surface area contributed by atoms with E-state index in [0.717, 1.165) is 12.8 Å². The van der Waals surface area contributed by atoms with Crippen molar-refractivity contribution in [2.75, 3.05) is 32.6 Å². The summed E-state index contributed by atoms with van der Waals surface area (Å²) in [4.78, 5) is 13.1. The van der Waals surface area contributed by atoms with Gasteiger partial charge < -0.3 is 14.8 Å². The summed E-state index contributed by atoms with van der Waals surface area (Å²) in [6, 6.07) is 7.72. The van der Waals surface area contributed by atoms with Gasteiger partial charge in [-0.05, 0) is 43.4 Å². The van der Waals surface area contributed by atoms with Gasteiger partial charge in [-0.25, -0.2) is 8.42 Å². The lowest BCUT2D eigenvalue weighted by atomic mass is 10.0. The Morgan fingerprint density at radius 1 is 1.10 bits per heavy atom. The van der Waals surface area contributed by atoms with Crippen LogP contribution in [0.3, 0.4) is 0 Å². The molecule has 1 heterocycles. The molecule has 1 fully saturated rings. The number of hydrogen-bond acceptors (Lipinski definition) is 5. The van der Waals surface area contributed by atoms with Crippen LogP contribution < -0.4 is 14.8 Å². The third-order valence-corrected chi connectivity index (χ3v) is 7.75. The SMILES string of the molecule is COc1cc(NC(=O)c2cc(S(=O)(=O)N3CCC(C)CC3)ccc2C)c(OC)cc1Cl. The second-order valence-corrected chi connectivity index (χ2v) is 10.0. The van der Waals surface area contributed by atoms with Crippen LogP contribution in [0, 0.1) is 12.8 Å². The summed E-state index contributed by atoms with van der Waals surface area (Å²) in [7, 11) is -0.734. The number of ether oxygens (including phenoxy) is 2. The molecule has 2 aromatic carbocycles. The van der Waals surface area contributed by atoms with E-state index < -0.39 is 15.9 Å². The number of anilines is 1. The van der Waals surface area contributed by atoms with Gasteiger partial charge >= 0.3 is 0 Å². The lowest BCUT2D eigenvalue weighted by Gasteiger charge is -2.29. The molecule has 0 bridgehead atoms. The van der Waals surface area contributed by atoms with Gasteiger partial charge in [-0.2, -0.15) is 4.31 Å². The van der Waals surface area contributed by atoms with Crippen molar-refractivity contribution in [1.82, 2.24) is 4.31 Å². The van der Waals surface area contributed by atoms with Crippen molar-refractivity contribution in [2.24, 2.45) is 5.92 Å². The highest BCUT2D eigenvalue weighted by Gasteiger charge is 2.29. The molecule has 168 valence electrons. The van der Waals surface area contributed by atoms with Crippen LogP contribution in [0.5, 0.6) is 11.5 Å². The van der Waals surface area contributed by atoms with Crippen LogP contribution in [0.4, 0.5) is 5.69 Å². The van der Waals surface area contributed by atoms with E-state index in [-0.39, 0.29) is 10.5 Å². The molecule has 2 aromatic rings. The topological polar surface area (TPSA) is 84.9 Å². The first-order valence-corrected chi connectivity index (χ1v) is 11.8. The Balaban J connectivity index is 1.91. The molecule has 1 saturated heterocycles. The van der Waals surface area contributed by atoms with Crippen molar-refractivity contribution in [3.05, 3.63) is 46.5 Å². The highest BCUT2D eigenvalue weighted by Crippen LogP contribution is 2.36. The first-order valence-electron chi connectivity index (χ1n) is 10.0. The van der Waals surface area contributed by atoms with Gasteiger partial charge in [-0.1, -0.05) is 24.6 Å². The van der Waals surface area contributed by atoms with Gasteiger partial charge in [-0.3, -0.25) is 4.79 Å². The Bertz CT molecular complexity index is 1080. The van der Waals surface area contributed by atoms with E-state index in [1.54, 1.807) is 31.2 Å². The van der Waals surface area contributed by atoms with E-state index in [0.29, 0.717) is 46.8 Å². The molecule has 3 rings (SSSR count). The van der Waals surface area contributed by atoms with Crippen molar-refractivity contribution >= 4 is 33.2 Å². The monoisotopic (exact) mass is 466 g/mol. The Kier molecular flexibility index (Phi) is 7.13. The third-order valence-electron chi connectivity index (χ3n) is 5.56. The molecule has 7 nitrogen and oxygen atoms in total. The molecule has 0 saturated carbocycles. The fourth-order valence-corrected chi connectivity index (χ4v) is 5.26. The van der Waals surface area contributed by atoms with Crippen molar-refractivity contribution in [2.45, 2.75) is 31.6 Å². The molecule has 1 amide bonds. The molecule has 31 heavy (non-hydrogen) atoms. The number of rotatable bonds is 6. The van der Waals surface area contributed by atoms with Gasteiger partial charge in [-0.15, -0.1) is 0 Å². The standard InChI is InChI=1S/C22H27ClN2O5S/c1-14-7-9-25(10-8-14)31(27,28)16-6-5-15(2)17(11-16)22(26)24-19-13-20(29-3)18(23)12-21(19)30-4/h5-6,11-14H,7-10H2,1-4H3,(H,24,26). The number of carbonyl (C=O) groups is 1. The molecule has 0 radical (unpaired) electrons. The summed E-state index contributed by atoms with van der Waals surface area (Å²) in [5.41, 5.74) is 1.29. The maximum Gasteiger partial charge on any atom is 0.256 e. The van der Waals surface area contributed by atoms with Crippen LogP contribution >= 0.6 is 11.6 Å². The molecular formula is C22H27ClN2O5S. The summed E-state index contributed by atoms with van der Waals surface area (Å²) in [5.74, 6) is 0.801. The van der Waals surface area contributed by atoms with Crippen molar-refractivity contribution in [3.63, 3.8) is 0 Å². The quantitative estimate of drug-likeness (QED) is 0.684. The fourth-order valence-electron chi connectivity index (χ4n) is 3.53. The van der Waals surface area contributed by atoms with Crippen LogP contribution in [0.15, 0.2) is 35.2 Å². The normalized spacial score (nSPS) is 15.5. The molecule has 0 unspecified atom stereocenters. The van der Waals surface area contributed by atoms with Gasteiger partial charge in [0.25, 0.3) is 5.91 Å². The Hall–Kier alpha value is -2.29. The average molecular weight is 467 g/mol. The number of amides is 1. The maximum atomic E-state index is 13.1. The number of piperidine rings is 1. The van der Waals surface area contributed by atoms with E-state index in [4.69, 9.17) is 21.1 Å². The van der Waals surface area contributed by atoms with Gasteiger partial charge in [0.05, 0.1) is 29.8 Å². The van der Waals surface area contributed by atoms with Gasteiger partial charge in [0.2, 0.25) is 10.0 Å². The number of benzene rings is 2. The number of methoxy groups -OCH3 is 2. The second kappa shape index (κ2) is 9.46. The van der Waals surface area contributed by atoms with Crippen LogP contribution in [-0.4, -0.2) is 45.9 Å². The molecule has 1 aliphatic heterocycles. The Morgan fingerprint density at radius 3 is 2.35 bits per heavy atom. The van der Waals surface area contributed by atoms with Crippen molar-refractivity contribution in [1.29, 1.82) is 0 Å². The fraction of sp³-hybridized carbons (Fsp3) is 0.409. The molecule has 1 aliphatic rings. The predicted octanol–water partition coefficient (Wildman–Crippen LogP) is 4.34. The Morgan fingerprint density at radius 2 is 1.74 bits per heavy atom. The van der Waals surface area contributed by atoms with E-state index >= 15 is 0 Å². The zero-order valence-corrected chi connectivity index (χ0v) is 19.6. The summed E-state index contributed by atoms with van der Waals surface area (Å²) in [6.07, 6.45) is 1.66. The average Bonchev–Trinajstić information content (AvgIpc) is 2.75. The first kappa shape index (κ1) is 23.4. The lowest BCUT2D eigenvalue weighted by Crippen LogP contribution is -2.38. The van der Waals surface area contributed by atoms with Crippen LogP contribution in [0.2, 0.25) is 5.02 Å². The molecule has 0 spiro atoms. The van der Waals surface area contributed by atoms with Crippen molar-refractivity contribution in [3.8, 4) is 11.5 Å². The summed E-state index contributed by atoms with van der Waals surface area (Å²) in [6.45, 7) is 4.85. The molecule has 0 aromatic heterocycles. The molecule has 1 N–H and O–H groups in total. The van der Waals surface area contributed by atoms with E-state index in [1.807, 2.05) is 0 Å². The molecular weight excluding hydrogens is 440 g/mol. The first-order chi connectivity index (χ1) is 14.7. The lowest BCUT2D eigenvalue weighted by molar-refractivity contribution is 0.102. The minimum atomic E-state index is -3.67. The smallest absolute Gasteiger partial charge is 0.256 e. The van der Waals surface area contributed by atoms with Gasteiger partial charge in [0, 0.05) is 30.8 Å². The van der Waals surface area contributed by atoms with E-state index in [9.17, 15) is 13.2 Å². The molecule has 9 heteroatoms. The van der Waals surface area contributed by atoms with Gasteiger partial charge in [0.15, 0.2) is 0 Å². The zero-order valence-electron chi connectivity index (χ0n) is 18.1. The third kappa shape index (κ3) is 4.97. The second-order valence-electron chi connectivity index (χ2n) is 7.70.